The van der Waals surface area contributed by atoms with Crippen molar-refractivity contribution in [3.05, 3.63) is 43.0 Å². The van der Waals surface area contributed by atoms with E-state index in [1.807, 2.05) is 16.7 Å². The van der Waals surface area contributed by atoms with Crippen LogP contribution < -0.4 is 4.74 Å². The number of fused-ring (bicyclic) bond motifs is 1. The van der Waals surface area contributed by atoms with E-state index >= 15 is 0 Å². The van der Waals surface area contributed by atoms with Gasteiger partial charge in [-0.1, -0.05) is 0 Å². The average molecular weight is 241 g/mol. The van der Waals surface area contributed by atoms with E-state index in [1.54, 1.807) is 30.9 Å². The molecule has 18 heavy (non-hydrogen) atoms. The molecule has 90 valence electrons. The molecule has 0 spiro atoms. The number of rotatable bonds is 2. The molecule has 0 atom stereocenters. The van der Waals surface area contributed by atoms with Gasteiger partial charge in [-0.3, -0.25) is 9.55 Å². The van der Waals surface area contributed by atoms with Crippen LogP contribution in [-0.4, -0.2) is 26.8 Å². The number of ether oxygens (including phenoxy) is 1. The summed E-state index contributed by atoms with van der Waals surface area (Å²) in [5.74, 6) is 0.552. The van der Waals surface area contributed by atoms with Crippen molar-refractivity contribution < 1.29 is 9.84 Å². The zero-order valence-electron chi connectivity index (χ0n) is 9.74. The SMILES string of the molecule is COc1ccc(-n2cnc3cnccc32)cc1O. The van der Waals surface area contributed by atoms with E-state index in [-0.39, 0.29) is 5.75 Å². The van der Waals surface area contributed by atoms with E-state index in [0.29, 0.717) is 5.75 Å². The number of hydrogen-bond donors (Lipinski definition) is 1. The molecule has 0 aliphatic rings. The van der Waals surface area contributed by atoms with Crippen molar-refractivity contribution in [1.82, 2.24) is 14.5 Å². The van der Waals surface area contributed by atoms with Gasteiger partial charge in [0.05, 0.1) is 24.5 Å². The normalized spacial score (nSPS) is 10.7. The Kier molecular flexibility index (Phi) is 2.37. The Morgan fingerprint density at radius 1 is 1.28 bits per heavy atom. The van der Waals surface area contributed by atoms with Crippen LogP contribution in [0, 0.1) is 0 Å². The van der Waals surface area contributed by atoms with Crippen molar-refractivity contribution in [2.45, 2.75) is 0 Å². The molecule has 1 N–H and O–H groups in total. The smallest absolute Gasteiger partial charge is 0.160 e. The minimum absolute atomic E-state index is 0.103. The summed E-state index contributed by atoms with van der Waals surface area (Å²) in [7, 11) is 1.52. The fraction of sp³-hybridized carbons (Fsp3) is 0.0769. The molecule has 0 saturated carbocycles. The van der Waals surface area contributed by atoms with Crippen molar-refractivity contribution in [1.29, 1.82) is 0 Å². The lowest BCUT2D eigenvalue weighted by Crippen LogP contribution is -1.92. The second kappa shape index (κ2) is 4.03. The Morgan fingerprint density at radius 2 is 2.17 bits per heavy atom. The number of benzene rings is 1. The summed E-state index contributed by atoms with van der Waals surface area (Å²) in [6, 6.07) is 7.10. The maximum absolute atomic E-state index is 9.79. The molecule has 5 nitrogen and oxygen atoms in total. The molecule has 0 unspecified atom stereocenters. The fourth-order valence-electron chi connectivity index (χ4n) is 1.90. The van der Waals surface area contributed by atoms with Gasteiger partial charge in [-0.25, -0.2) is 4.98 Å². The highest BCUT2D eigenvalue weighted by Gasteiger charge is 2.07. The van der Waals surface area contributed by atoms with Gasteiger partial charge in [0.2, 0.25) is 0 Å². The Bertz CT molecular complexity index is 706. The van der Waals surface area contributed by atoms with Crippen LogP contribution in [0.1, 0.15) is 0 Å². The predicted octanol–water partition coefficient (Wildman–Crippen LogP) is 2.13. The second-order valence-electron chi connectivity index (χ2n) is 3.84. The number of phenols is 1. The van der Waals surface area contributed by atoms with Crippen molar-refractivity contribution in [3.8, 4) is 17.2 Å². The van der Waals surface area contributed by atoms with Gasteiger partial charge in [0.1, 0.15) is 11.8 Å². The minimum Gasteiger partial charge on any atom is -0.504 e. The monoisotopic (exact) mass is 241 g/mol. The number of pyridine rings is 1. The van der Waals surface area contributed by atoms with Crippen molar-refractivity contribution in [2.75, 3.05) is 7.11 Å². The second-order valence-corrected chi connectivity index (χ2v) is 3.84. The maximum atomic E-state index is 9.79. The number of phenolic OH excluding ortho intramolecular Hbond substituents is 1. The van der Waals surface area contributed by atoms with Gasteiger partial charge in [-0.15, -0.1) is 0 Å². The summed E-state index contributed by atoms with van der Waals surface area (Å²) in [5, 5.41) is 9.79. The van der Waals surface area contributed by atoms with E-state index in [2.05, 4.69) is 9.97 Å². The Labute approximate surface area is 103 Å². The largest absolute Gasteiger partial charge is 0.504 e. The minimum atomic E-state index is 0.103. The van der Waals surface area contributed by atoms with Gasteiger partial charge < -0.3 is 9.84 Å². The van der Waals surface area contributed by atoms with Crippen LogP contribution in [-0.2, 0) is 0 Å². The van der Waals surface area contributed by atoms with Crippen LogP contribution in [0.5, 0.6) is 11.5 Å². The summed E-state index contributed by atoms with van der Waals surface area (Å²) in [6.45, 7) is 0. The van der Waals surface area contributed by atoms with Crippen molar-refractivity contribution in [2.24, 2.45) is 0 Å². The van der Waals surface area contributed by atoms with Gasteiger partial charge in [-0.05, 0) is 18.2 Å². The average Bonchev–Trinajstić information content (AvgIpc) is 2.82. The molecule has 2 heterocycles. The van der Waals surface area contributed by atoms with E-state index in [9.17, 15) is 5.11 Å². The number of aromatic hydroxyl groups is 1. The fourth-order valence-corrected chi connectivity index (χ4v) is 1.90. The van der Waals surface area contributed by atoms with Crippen LogP contribution in [0.15, 0.2) is 43.0 Å². The Balaban J connectivity index is 2.17. The first-order valence-electron chi connectivity index (χ1n) is 5.44. The zero-order chi connectivity index (χ0) is 12.5. The van der Waals surface area contributed by atoms with Crippen molar-refractivity contribution >= 4 is 11.0 Å². The van der Waals surface area contributed by atoms with E-state index in [4.69, 9.17) is 4.74 Å². The van der Waals surface area contributed by atoms with Crippen LogP contribution in [0.4, 0.5) is 0 Å². The van der Waals surface area contributed by atoms with Crippen LogP contribution in [0.25, 0.3) is 16.7 Å². The number of imidazole rings is 1. The third-order valence-corrected chi connectivity index (χ3v) is 2.79. The number of aromatic nitrogens is 3. The van der Waals surface area contributed by atoms with Gasteiger partial charge in [0.25, 0.3) is 0 Å². The number of hydrogen-bond acceptors (Lipinski definition) is 4. The molecule has 3 rings (SSSR count). The van der Waals surface area contributed by atoms with Crippen LogP contribution in [0.2, 0.25) is 0 Å². The molecule has 3 aromatic rings. The van der Waals surface area contributed by atoms with Gasteiger partial charge >= 0.3 is 0 Å². The molecule has 0 bridgehead atoms. The first-order valence-corrected chi connectivity index (χ1v) is 5.44. The molecule has 5 heteroatoms. The molecule has 0 saturated heterocycles. The lowest BCUT2D eigenvalue weighted by atomic mass is 10.2. The Morgan fingerprint density at radius 3 is 2.94 bits per heavy atom. The van der Waals surface area contributed by atoms with E-state index in [1.165, 1.54) is 7.11 Å². The highest BCUT2D eigenvalue weighted by atomic mass is 16.5. The quantitative estimate of drug-likeness (QED) is 0.746. The van der Waals surface area contributed by atoms with Gasteiger partial charge in [0.15, 0.2) is 11.5 Å². The summed E-state index contributed by atoms with van der Waals surface area (Å²) >= 11 is 0. The topological polar surface area (TPSA) is 60.2 Å². The third kappa shape index (κ3) is 1.57. The van der Waals surface area contributed by atoms with Crippen LogP contribution >= 0.6 is 0 Å². The van der Waals surface area contributed by atoms with Crippen molar-refractivity contribution in [3.63, 3.8) is 0 Å². The molecule has 0 aliphatic carbocycles. The molecular formula is C13H11N3O2. The highest BCUT2D eigenvalue weighted by Crippen LogP contribution is 2.29. The van der Waals surface area contributed by atoms with E-state index < -0.39 is 0 Å². The van der Waals surface area contributed by atoms with E-state index in [0.717, 1.165) is 16.7 Å². The summed E-state index contributed by atoms with van der Waals surface area (Å²) < 4.78 is 6.91. The van der Waals surface area contributed by atoms with Gasteiger partial charge in [-0.2, -0.15) is 0 Å². The molecule has 2 aromatic heterocycles. The first kappa shape index (κ1) is 10.6. The van der Waals surface area contributed by atoms with Gasteiger partial charge in [0, 0.05) is 12.3 Å². The zero-order valence-corrected chi connectivity index (χ0v) is 9.74. The molecule has 0 aliphatic heterocycles. The molecule has 0 amide bonds. The number of nitrogens with zero attached hydrogens (tertiary/aromatic N) is 3. The number of methoxy groups -OCH3 is 1. The first-order chi connectivity index (χ1) is 8.79. The molecule has 0 radical (unpaired) electrons. The maximum Gasteiger partial charge on any atom is 0.160 e. The standard InChI is InChI=1S/C13H11N3O2/c1-18-13-3-2-9(6-12(13)17)16-8-15-10-7-14-5-4-11(10)16/h2-8,17H,1H3. The third-order valence-electron chi connectivity index (χ3n) is 2.79. The summed E-state index contributed by atoms with van der Waals surface area (Å²) in [4.78, 5) is 8.27. The highest BCUT2D eigenvalue weighted by molar-refractivity contribution is 5.76. The molecular weight excluding hydrogens is 230 g/mol. The Hall–Kier alpha value is -2.56. The lowest BCUT2D eigenvalue weighted by Gasteiger charge is -2.07. The summed E-state index contributed by atoms with van der Waals surface area (Å²) in [6.07, 6.45) is 5.12. The van der Waals surface area contributed by atoms with Crippen LogP contribution in [0.3, 0.4) is 0 Å². The molecule has 1 aromatic carbocycles. The lowest BCUT2D eigenvalue weighted by molar-refractivity contribution is 0.373. The summed E-state index contributed by atoms with van der Waals surface area (Å²) in [5.41, 5.74) is 2.57. The molecule has 0 fully saturated rings. The predicted molar refractivity (Wildman–Crippen MR) is 67.1 cm³/mol.